The minimum atomic E-state index is -3.76. The zero-order chi connectivity index (χ0) is 30.9. The maximum absolute atomic E-state index is 15.0. The molecule has 2 aromatic carbocycles. The molecule has 3 atom stereocenters. The van der Waals surface area contributed by atoms with E-state index in [1.54, 1.807) is 19.5 Å². The summed E-state index contributed by atoms with van der Waals surface area (Å²) in [6.45, 7) is 7.79. The lowest BCUT2D eigenvalue weighted by molar-refractivity contribution is -0.124. The first kappa shape index (κ1) is 30.5. The number of ether oxygens (including phenoxy) is 1. The third-order valence-electron chi connectivity index (χ3n) is 7.46. The molecular formula is C30H36FN7O4S. The van der Waals surface area contributed by atoms with Crippen molar-refractivity contribution in [1.29, 1.82) is 0 Å². The van der Waals surface area contributed by atoms with E-state index >= 15 is 0 Å². The number of H-pyrrole nitrogens is 1. The fourth-order valence-electron chi connectivity index (χ4n) is 5.59. The largest absolute Gasteiger partial charge is 0.383 e. The van der Waals surface area contributed by atoms with Gasteiger partial charge < -0.3 is 25.7 Å². The molecule has 1 aliphatic heterocycles. The molecule has 5 rings (SSSR count). The highest BCUT2D eigenvalue weighted by molar-refractivity contribution is 7.90. The highest BCUT2D eigenvalue weighted by Crippen LogP contribution is 2.34. The number of rotatable bonds is 9. The van der Waals surface area contributed by atoms with Crippen molar-refractivity contribution in [2.75, 3.05) is 43.7 Å². The Labute approximate surface area is 250 Å². The molecule has 13 heteroatoms. The van der Waals surface area contributed by atoms with E-state index in [4.69, 9.17) is 4.74 Å². The van der Waals surface area contributed by atoms with Gasteiger partial charge in [-0.1, -0.05) is 18.2 Å². The number of sulfone groups is 1. The van der Waals surface area contributed by atoms with Gasteiger partial charge in [0.1, 0.15) is 10.9 Å². The van der Waals surface area contributed by atoms with Crippen molar-refractivity contribution in [3.8, 4) is 11.3 Å². The Hall–Kier alpha value is -3.91. The van der Waals surface area contributed by atoms with Crippen molar-refractivity contribution in [3.63, 3.8) is 0 Å². The summed E-state index contributed by atoms with van der Waals surface area (Å²) in [7, 11) is -2.16. The number of nitrogens with zero attached hydrogens (tertiary/aromatic N) is 3. The first-order valence-corrected chi connectivity index (χ1v) is 15.8. The lowest BCUT2D eigenvalue weighted by Gasteiger charge is -2.39. The van der Waals surface area contributed by atoms with Gasteiger partial charge in [-0.25, -0.2) is 22.8 Å². The summed E-state index contributed by atoms with van der Waals surface area (Å²) in [6.07, 6.45) is 4.36. The molecular weight excluding hydrogens is 573 g/mol. The molecule has 2 aromatic heterocycles. The second kappa shape index (κ2) is 12.4. The summed E-state index contributed by atoms with van der Waals surface area (Å²) < 4.78 is 44.3. The molecule has 0 saturated carbocycles. The number of hydrogen-bond acceptors (Lipinski definition) is 9. The van der Waals surface area contributed by atoms with Crippen molar-refractivity contribution in [1.82, 2.24) is 25.2 Å². The van der Waals surface area contributed by atoms with Crippen LogP contribution in [0.2, 0.25) is 0 Å². The number of aryl methyl sites for hydroxylation is 1. The first-order valence-electron chi connectivity index (χ1n) is 14.0. The number of hydrogen-bond donors (Lipinski definition) is 4. The molecule has 1 fully saturated rings. The SMILES string of the molecule is COCC(C(=O)Nc1cccc2c(-c3nc(Nc4cccc(S(C)(=O)=O)c4F)ncc3C)c[nH]c12)N1CC(C)N[C@H](C)C1. The van der Waals surface area contributed by atoms with Crippen molar-refractivity contribution < 1.29 is 22.3 Å². The van der Waals surface area contributed by atoms with Gasteiger partial charge in [0, 0.05) is 61.9 Å². The molecule has 228 valence electrons. The zero-order valence-corrected chi connectivity index (χ0v) is 25.5. The zero-order valence-electron chi connectivity index (χ0n) is 24.7. The van der Waals surface area contributed by atoms with Crippen LogP contribution in [0.25, 0.3) is 22.2 Å². The number of nitrogens with one attached hydrogen (secondary N) is 4. The van der Waals surface area contributed by atoms with Crippen LogP contribution in [-0.4, -0.2) is 85.4 Å². The van der Waals surface area contributed by atoms with Gasteiger partial charge in [-0.2, -0.15) is 0 Å². The monoisotopic (exact) mass is 609 g/mol. The maximum Gasteiger partial charge on any atom is 0.244 e. The molecule has 0 radical (unpaired) electrons. The summed E-state index contributed by atoms with van der Waals surface area (Å²) in [5, 5.41) is 10.2. The second-order valence-electron chi connectivity index (χ2n) is 11.1. The predicted molar refractivity (Wildman–Crippen MR) is 165 cm³/mol. The molecule has 43 heavy (non-hydrogen) atoms. The smallest absolute Gasteiger partial charge is 0.244 e. The molecule has 1 amide bonds. The van der Waals surface area contributed by atoms with E-state index in [1.165, 1.54) is 18.2 Å². The van der Waals surface area contributed by atoms with Gasteiger partial charge in [-0.05, 0) is 44.5 Å². The number of benzene rings is 2. The number of para-hydroxylation sites is 1. The van der Waals surface area contributed by atoms with Crippen LogP contribution in [0.4, 0.5) is 21.7 Å². The number of halogens is 1. The van der Waals surface area contributed by atoms with E-state index in [2.05, 4.69) is 49.6 Å². The van der Waals surface area contributed by atoms with E-state index in [9.17, 15) is 17.6 Å². The molecule has 1 saturated heterocycles. The van der Waals surface area contributed by atoms with Crippen LogP contribution < -0.4 is 16.0 Å². The van der Waals surface area contributed by atoms with E-state index in [1.807, 2.05) is 25.1 Å². The predicted octanol–water partition coefficient (Wildman–Crippen LogP) is 3.86. The van der Waals surface area contributed by atoms with Gasteiger partial charge in [0.05, 0.1) is 29.2 Å². The van der Waals surface area contributed by atoms with Gasteiger partial charge in [0.25, 0.3) is 0 Å². The van der Waals surface area contributed by atoms with E-state index in [0.717, 1.165) is 41.4 Å². The van der Waals surface area contributed by atoms with Crippen LogP contribution in [-0.2, 0) is 19.4 Å². The van der Waals surface area contributed by atoms with Gasteiger partial charge in [0.2, 0.25) is 11.9 Å². The van der Waals surface area contributed by atoms with Gasteiger partial charge in [-0.15, -0.1) is 0 Å². The minimum Gasteiger partial charge on any atom is -0.383 e. The molecule has 4 aromatic rings. The molecule has 2 unspecified atom stereocenters. The number of carbonyl (C=O) groups excluding carboxylic acids is 1. The topological polar surface area (TPSA) is 141 Å². The van der Waals surface area contributed by atoms with Crippen LogP contribution in [0.3, 0.4) is 0 Å². The Morgan fingerprint density at radius 3 is 2.56 bits per heavy atom. The number of piperazine rings is 1. The summed E-state index contributed by atoms with van der Waals surface area (Å²) in [4.78, 5) is 27.5. The van der Waals surface area contributed by atoms with Crippen molar-refractivity contribution in [2.45, 2.75) is 43.8 Å². The lowest BCUT2D eigenvalue weighted by atomic mass is 10.1. The van der Waals surface area contributed by atoms with Crippen LogP contribution in [0.1, 0.15) is 19.4 Å². The fourth-order valence-corrected chi connectivity index (χ4v) is 6.35. The highest BCUT2D eigenvalue weighted by atomic mass is 32.2. The Bertz CT molecular complexity index is 1750. The maximum atomic E-state index is 15.0. The Kier molecular flexibility index (Phi) is 8.79. The number of aromatic amines is 1. The minimum absolute atomic E-state index is 0.0551. The quantitative estimate of drug-likeness (QED) is 0.223. The normalized spacial score (nSPS) is 18.5. The van der Waals surface area contributed by atoms with Crippen LogP contribution in [0, 0.1) is 12.7 Å². The third kappa shape index (κ3) is 6.54. The summed E-state index contributed by atoms with van der Waals surface area (Å²) in [6, 6.07) is 9.75. The van der Waals surface area contributed by atoms with E-state index < -0.39 is 26.6 Å². The average molecular weight is 610 g/mol. The Morgan fingerprint density at radius 1 is 1.16 bits per heavy atom. The lowest BCUT2D eigenvalue weighted by Crippen LogP contribution is -2.60. The molecule has 11 nitrogen and oxygen atoms in total. The Balaban J connectivity index is 1.43. The average Bonchev–Trinajstić information content (AvgIpc) is 3.37. The first-order chi connectivity index (χ1) is 20.5. The number of aromatic nitrogens is 3. The fraction of sp³-hybridized carbons (Fsp3) is 0.367. The molecule has 0 bridgehead atoms. The molecule has 1 aliphatic rings. The van der Waals surface area contributed by atoms with Gasteiger partial charge >= 0.3 is 0 Å². The van der Waals surface area contributed by atoms with Crippen LogP contribution in [0.15, 0.2) is 53.7 Å². The van der Waals surface area contributed by atoms with Crippen molar-refractivity contribution >= 4 is 44.0 Å². The van der Waals surface area contributed by atoms with Crippen LogP contribution in [0.5, 0.6) is 0 Å². The number of methoxy groups -OCH3 is 1. The standard InChI is InChI=1S/C30H36FN7O4S/c1-17-12-33-30(36-22-9-7-11-25(26(22)31)43(5,40)41)37-27(17)21-13-32-28-20(21)8-6-10-23(28)35-29(39)24(16-42-4)38-14-18(2)34-19(3)15-38/h6-13,18-19,24,32,34H,14-16H2,1-5H3,(H,35,39)(H,33,36,37)/t18-,19?,24?/m1/s1. The summed E-state index contributed by atoms with van der Waals surface area (Å²) >= 11 is 0. The van der Waals surface area contributed by atoms with Crippen molar-refractivity contribution in [2.24, 2.45) is 0 Å². The van der Waals surface area contributed by atoms with E-state index in [-0.39, 0.29) is 36.2 Å². The molecule has 3 heterocycles. The number of fused-ring (bicyclic) bond motifs is 1. The van der Waals surface area contributed by atoms with Gasteiger partial charge in [0.15, 0.2) is 15.7 Å². The van der Waals surface area contributed by atoms with E-state index in [0.29, 0.717) is 11.4 Å². The number of amides is 1. The van der Waals surface area contributed by atoms with Gasteiger partial charge in [-0.3, -0.25) is 9.69 Å². The van der Waals surface area contributed by atoms with Crippen molar-refractivity contribution in [3.05, 3.63) is 60.2 Å². The molecule has 4 N–H and O–H groups in total. The number of carbonyl (C=O) groups is 1. The molecule has 0 spiro atoms. The van der Waals surface area contributed by atoms with Crippen LogP contribution >= 0.6 is 0 Å². The summed E-state index contributed by atoms with van der Waals surface area (Å²) in [5.41, 5.74) is 3.42. The second-order valence-corrected chi connectivity index (χ2v) is 13.0. The molecule has 0 aliphatic carbocycles. The third-order valence-corrected chi connectivity index (χ3v) is 8.58. The summed E-state index contributed by atoms with van der Waals surface area (Å²) in [5.74, 6) is -0.958. The Morgan fingerprint density at radius 2 is 1.86 bits per heavy atom. The number of anilines is 3. The highest BCUT2D eigenvalue weighted by Gasteiger charge is 2.32.